The summed E-state index contributed by atoms with van der Waals surface area (Å²) in [5, 5.41) is 11.1. The van der Waals surface area contributed by atoms with Crippen LogP contribution in [0.4, 0.5) is 10.2 Å². The molecule has 6 heteroatoms. The summed E-state index contributed by atoms with van der Waals surface area (Å²) in [4.78, 5) is 10.9. The lowest BCUT2D eigenvalue weighted by Crippen LogP contribution is -2.46. The summed E-state index contributed by atoms with van der Waals surface area (Å²) < 4.78 is 19.3. The number of fused-ring (bicyclic) bond motifs is 1. The number of hydrogen-bond acceptors (Lipinski definition) is 5. The number of hydrogen-bond donors (Lipinski definition) is 1. The molecule has 3 heterocycles. The van der Waals surface area contributed by atoms with Gasteiger partial charge in [0.2, 0.25) is 0 Å². The number of nitrogens with zero attached hydrogens (tertiary/aromatic N) is 3. The Balaban J connectivity index is 1.73. The van der Waals surface area contributed by atoms with Gasteiger partial charge in [-0.15, -0.1) is 0 Å². The van der Waals surface area contributed by atoms with E-state index in [4.69, 9.17) is 4.74 Å². The van der Waals surface area contributed by atoms with E-state index >= 15 is 0 Å². The molecule has 23 heavy (non-hydrogen) atoms. The molecule has 0 aliphatic carbocycles. The number of aliphatic hydroxyl groups is 1. The zero-order chi connectivity index (χ0) is 15.8. The smallest absolute Gasteiger partial charge is 0.140 e. The Bertz CT molecular complexity index is 711. The van der Waals surface area contributed by atoms with Crippen molar-refractivity contribution in [2.75, 3.05) is 24.7 Å². The van der Waals surface area contributed by atoms with Crippen molar-refractivity contribution in [1.82, 2.24) is 9.97 Å². The Morgan fingerprint density at radius 3 is 3.04 bits per heavy atom. The van der Waals surface area contributed by atoms with Crippen LogP contribution >= 0.6 is 0 Å². The third-order valence-corrected chi connectivity index (χ3v) is 5.00. The molecule has 3 atom stereocenters. The SMILES string of the molecule is O[C@@H]1CCOC[C@@H]1[C@H]1CCCN1c1ncnc2ccc(F)cc12. The zero-order valence-electron chi connectivity index (χ0n) is 12.9. The van der Waals surface area contributed by atoms with Crippen molar-refractivity contribution in [2.45, 2.75) is 31.4 Å². The molecule has 1 aromatic carbocycles. The van der Waals surface area contributed by atoms with Gasteiger partial charge in [0.05, 0.1) is 18.2 Å². The van der Waals surface area contributed by atoms with Gasteiger partial charge in [0.15, 0.2) is 0 Å². The Kier molecular flexibility index (Phi) is 3.87. The molecule has 0 spiro atoms. The monoisotopic (exact) mass is 317 g/mol. The summed E-state index contributed by atoms with van der Waals surface area (Å²) in [5.41, 5.74) is 0.738. The average molecular weight is 317 g/mol. The maximum atomic E-state index is 13.7. The number of benzene rings is 1. The van der Waals surface area contributed by atoms with Gasteiger partial charge in [0, 0.05) is 30.5 Å². The minimum Gasteiger partial charge on any atom is -0.393 e. The largest absolute Gasteiger partial charge is 0.393 e. The fourth-order valence-corrected chi connectivity index (χ4v) is 3.86. The van der Waals surface area contributed by atoms with E-state index in [1.54, 1.807) is 6.07 Å². The lowest BCUT2D eigenvalue weighted by Gasteiger charge is -2.37. The molecule has 5 nitrogen and oxygen atoms in total. The Labute approximate surface area is 134 Å². The second kappa shape index (κ2) is 6.02. The van der Waals surface area contributed by atoms with Crippen LogP contribution < -0.4 is 4.90 Å². The van der Waals surface area contributed by atoms with Crippen molar-refractivity contribution in [3.05, 3.63) is 30.3 Å². The van der Waals surface area contributed by atoms with E-state index in [9.17, 15) is 9.50 Å². The standard InChI is InChI=1S/C17H20FN3O2/c18-11-3-4-14-12(8-11)17(20-10-19-14)21-6-1-2-15(21)13-9-23-7-5-16(13)22/h3-4,8,10,13,15-16,22H,1-2,5-7,9H2/t13-,15-,16-/m1/s1. The number of rotatable bonds is 2. The maximum Gasteiger partial charge on any atom is 0.140 e. The lowest BCUT2D eigenvalue weighted by atomic mass is 9.89. The Hall–Kier alpha value is -1.79. The normalized spacial score (nSPS) is 28.4. The Morgan fingerprint density at radius 2 is 2.17 bits per heavy atom. The molecule has 4 rings (SSSR count). The Morgan fingerprint density at radius 1 is 1.26 bits per heavy atom. The molecule has 1 N–H and O–H groups in total. The lowest BCUT2D eigenvalue weighted by molar-refractivity contribution is -0.0438. The van der Waals surface area contributed by atoms with Crippen molar-refractivity contribution < 1.29 is 14.2 Å². The predicted molar refractivity (Wildman–Crippen MR) is 84.8 cm³/mol. The zero-order valence-corrected chi connectivity index (χ0v) is 12.9. The van der Waals surface area contributed by atoms with Crippen molar-refractivity contribution in [3.63, 3.8) is 0 Å². The van der Waals surface area contributed by atoms with Gasteiger partial charge in [-0.25, -0.2) is 14.4 Å². The highest BCUT2D eigenvalue weighted by atomic mass is 19.1. The first kappa shape index (κ1) is 14.8. The number of aliphatic hydroxyl groups excluding tert-OH is 1. The molecule has 0 saturated carbocycles. The topological polar surface area (TPSA) is 58.5 Å². The summed E-state index contributed by atoms with van der Waals surface area (Å²) in [5.74, 6) is 0.546. The third kappa shape index (κ3) is 2.66. The van der Waals surface area contributed by atoms with Gasteiger partial charge in [-0.3, -0.25) is 0 Å². The first-order valence-corrected chi connectivity index (χ1v) is 8.17. The van der Waals surface area contributed by atoms with Crippen molar-refractivity contribution in [1.29, 1.82) is 0 Å². The molecule has 122 valence electrons. The molecule has 2 saturated heterocycles. The van der Waals surface area contributed by atoms with Gasteiger partial charge in [-0.05, 0) is 37.5 Å². The van der Waals surface area contributed by atoms with Crippen molar-refractivity contribution in [2.24, 2.45) is 5.92 Å². The first-order chi connectivity index (χ1) is 11.2. The molecule has 0 unspecified atom stereocenters. The van der Waals surface area contributed by atoms with Gasteiger partial charge in [-0.2, -0.15) is 0 Å². The quantitative estimate of drug-likeness (QED) is 0.919. The highest BCUT2D eigenvalue weighted by Crippen LogP contribution is 2.35. The highest BCUT2D eigenvalue weighted by molar-refractivity contribution is 5.89. The van der Waals surface area contributed by atoms with Crippen molar-refractivity contribution in [3.8, 4) is 0 Å². The molecule has 2 aromatic rings. The first-order valence-electron chi connectivity index (χ1n) is 8.17. The van der Waals surface area contributed by atoms with Crippen LogP contribution in [0, 0.1) is 11.7 Å². The molecule has 2 aliphatic rings. The van der Waals surface area contributed by atoms with Crippen LogP contribution in [0.5, 0.6) is 0 Å². The molecular formula is C17H20FN3O2. The van der Waals surface area contributed by atoms with E-state index in [1.165, 1.54) is 18.5 Å². The van der Waals surface area contributed by atoms with E-state index in [-0.39, 0.29) is 23.9 Å². The van der Waals surface area contributed by atoms with Gasteiger partial charge in [0.25, 0.3) is 0 Å². The molecule has 0 amide bonds. The fraction of sp³-hybridized carbons (Fsp3) is 0.529. The molecular weight excluding hydrogens is 297 g/mol. The van der Waals surface area contributed by atoms with Gasteiger partial charge in [-0.1, -0.05) is 0 Å². The molecule has 2 fully saturated rings. The van der Waals surface area contributed by atoms with E-state index in [1.807, 2.05) is 0 Å². The second-order valence-corrected chi connectivity index (χ2v) is 6.36. The minimum absolute atomic E-state index is 0.0739. The minimum atomic E-state index is -0.348. The van der Waals surface area contributed by atoms with Gasteiger partial charge < -0.3 is 14.7 Å². The summed E-state index contributed by atoms with van der Waals surface area (Å²) in [6, 6.07) is 4.76. The number of aromatic nitrogens is 2. The number of ether oxygens (including phenoxy) is 1. The summed E-state index contributed by atoms with van der Waals surface area (Å²) in [7, 11) is 0. The highest BCUT2D eigenvalue weighted by Gasteiger charge is 2.38. The summed E-state index contributed by atoms with van der Waals surface area (Å²) in [6.07, 6.45) is 3.88. The van der Waals surface area contributed by atoms with Crippen LogP contribution in [0.15, 0.2) is 24.5 Å². The summed E-state index contributed by atoms with van der Waals surface area (Å²) in [6.45, 7) is 2.04. The van der Waals surface area contributed by atoms with Crippen LogP contribution in [-0.2, 0) is 4.74 Å². The van der Waals surface area contributed by atoms with E-state index < -0.39 is 0 Å². The second-order valence-electron chi connectivity index (χ2n) is 6.36. The van der Waals surface area contributed by atoms with Crippen LogP contribution in [0.25, 0.3) is 10.9 Å². The van der Waals surface area contributed by atoms with E-state index in [0.29, 0.717) is 19.6 Å². The average Bonchev–Trinajstić information content (AvgIpc) is 3.04. The van der Waals surface area contributed by atoms with Gasteiger partial charge >= 0.3 is 0 Å². The van der Waals surface area contributed by atoms with Crippen LogP contribution in [0.2, 0.25) is 0 Å². The molecule has 0 bridgehead atoms. The van der Waals surface area contributed by atoms with Crippen molar-refractivity contribution >= 4 is 16.7 Å². The molecule has 1 aromatic heterocycles. The fourth-order valence-electron chi connectivity index (χ4n) is 3.86. The van der Waals surface area contributed by atoms with Crippen LogP contribution in [0.1, 0.15) is 19.3 Å². The third-order valence-electron chi connectivity index (χ3n) is 5.00. The molecule has 0 radical (unpaired) electrons. The number of anilines is 1. The van der Waals surface area contributed by atoms with E-state index in [0.717, 1.165) is 36.1 Å². The van der Waals surface area contributed by atoms with E-state index in [2.05, 4.69) is 14.9 Å². The van der Waals surface area contributed by atoms with Crippen LogP contribution in [-0.4, -0.2) is 47.0 Å². The maximum absolute atomic E-state index is 13.7. The van der Waals surface area contributed by atoms with Gasteiger partial charge in [0.1, 0.15) is 18.0 Å². The molecule has 2 aliphatic heterocycles. The summed E-state index contributed by atoms with van der Waals surface area (Å²) >= 11 is 0. The van der Waals surface area contributed by atoms with Crippen LogP contribution in [0.3, 0.4) is 0 Å². The number of halogens is 1. The predicted octanol–water partition coefficient (Wildman–Crippen LogP) is 2.14.